The van der Waals surface area contributed by atoms with Gasteiger partial charge in [-0.05, 0) is 18.1 Å². The molecule has 0 spiro atoms. The Hall–Kier alpha value is -2.11. The smallest absolute Gasteiger partial charge is 0.308 e. The van der Waals surface area contributed by atoms with Crippen LogP contribution in [0.1, 0.15) is 17.3 Å². The second-order valence-electron chi connectivity index (χ2n) is 4.60. The Morgan fingerprint density at radius 3 is 2.61 bits per heavy atom. The highest BCUT2D eigenvalue weighted by atomic mass is 16.4. The fourth-order valence-corrected chi connectivity index (χ4v) is 2.19. The quantitative estimate of drug-likeness (QED) is 0.805. The molecule has 1 saturated heterocycles. The monoisotopic (exact) mass is 249 g/mol. The van der Waals surface area contributed by atoms with Crippen molar-refractivity contribution >= 4 is 17.7 Å². The van der Waals surface area contributed by atoms with Crippen LogP contribution < -0.4 is 10.6 Å². The second kappa shape index (κ2) is 4.64. The summed E-state index contributed by atoms with van der Waals surface area (Å²) in [5, 5.41) is 9.06. The SMILES string of the molecule is CC1CN(c2ccc(C(N)=O)cn2)CC1C(=O)O. The third-order valence-electron chi connectivity index (χ3n) is 3.29. The fourth-order valence-electron chi connectivity index (χ4n) is 2.19. The average molecular weight is 249 g/mol. The number of nitrogens with two attached hydrogens (primary N) is 1. The predicted molar refractivity (Wildman–Crippen MR) is 65.3 cm³/mol. The van der Waals surface area contributed by atoms with Crippen LogP contribution in [0.2, 0.25) is 0 Å². The zero-order chi connectivity index (χ0) is 13.3. The molecule has 2 heterocycles. The van der Waals surface area contributed by atoms with Crippen LogP contribution in [0.15, 0.2) is 18.3 Å². The van der Waals surface area contributed by atoms with E-state index in [9.17, 15) is 9.59 Å². The van der Waals surface area contributed by atoms with Crippen molar-refractivity contribution in [3.63, 3.8) is 0 Å². The standard InChI is InChI=1S/C12H15N3O3/c1-7-5-15(6-9(7)12(17)18)10-3-2-8(4-14-10)11(13)16/h2-4,7,9H,5-6H2,1H3,(H2,13,16)(H,17,18). The van der Waals surface area contributed by atoms with Crippen molar-refractivity contribution in [1.29, 1.82) is 0 Å². The van der Waals surface area contributed by atoms with Gasteiger partial charge >= 0.3 is 5.97 Å². The molecule has 6 heteroatoms. The van der Waals surface area contributed by atoms with Gasteiger partial charge in [0.05, 0.1) is 11.5 Å². The largest absolute Gasteiger partial charge is 0.481 e. The number of anilines is 1. The molecule has 2 atom stereocenters. The van der Waals surface area contributed by atoms with Gasteiger partial charge in [0.2, 0.25) is 5.91 Å². The maximum absolute atomic E-state index is 11.0. The van der Waals surface area contributed by atoms with Gasteiger partial charge in [0.1, 0.15) is 5.82 Å². The van der Waals surface area contributed by atoms with E-state index in [0.717, 1.165) is 0 Å². The zero-order valence-corrected chi connectivity index (χ0v) is 10.0. The van der Waals surface area contributed by atoms with Crippen LogP contribution in [0.3, 0.4) is 0 Å². The number of hydrogen-bond acceptors (Lipinski definition) is 4. The van der Waals surface area contributed by atoms with E-state index in [1.807, 2.05) is 11.8 Å². The number of carbonyl (C=O) groups excluding carboxylic acids is 1. The molecule has 2 unspecified atom stereocenters. The van der Waals surface area contributed by atoms with Crippen LogP contribution >= 0.6 is 0 Å². The molecule has 1 fully saturated rings. The van der Waals surface area contributed by atoms with E-state index in [-0.39, 0.29) is 11.8 Å². The number of hydrogen-bond donors (Lipinski definition) is 2. The van der Waals surface area contributed by atoms with E-state index in [2.05, 4.69) is 4.98 Å². The van der Waals surface area contributed by atoms with Crippen molar-refractivity contribution in [2.24, 2.45) is 17.6 Å². The number of aromatic nitrogens is 1. The number of carboxylic acids is 1. The lowest BCUT2D eigenvalue weighted by Crippen LogP contribution is -2.23. The number of carboxylic acid groups (broad SMARTS) is 1. The summed E-state index contributed by atoms with van der Waals surface area (Å²) in [5.41, 5.74) is 5.48. The molecule has 0 radical (unpaired) electrons. The zero-order valence-electron chi connectivity index (χ0n) is 10.0. The van der Waals surface area contributed by atoms with Crippen molar-refractivity contribution in [3.05, 3.63) is 23.9 Å². The summed E-state index contributed by atoms with van der Waals surface area (Å²) in [6.07, 6.45) is 1.41. The summed E-state index contributed by atoms with van der Waals surface area (Å²) in [7, 11) is 0. The van der Waals surface area contributed by atoms with Crippen molar-refractivity contribution in [3.8, 4) is 0 Å². The van der Waals surface area contributed by atoms with E-state index in [1.165, 1.54) is 6.20 Å². The minimum atomic E-state index is -0.779. The number of pyridine rings is 1. The summed E-state index contributed by atoms with van der Waals surface area (Å²) in [5.74, 6) is -0.913. The Balaban J connectivity index is 2.14. The van der Waals surface area contributed by atoms with Crippen molar-refractivity contribution in [2.75, 3.05) is 18.0 Å². The minimum absolute atomic E-state index is 0.0834. The van der Waals surface area contributed by atoms with Gasteiger partial charge in [0.15, 0.2) is 0 Å². The van der Waals surface area contributed by atoms with E-state index < -0.39 is 11.9 Å². The lowest BCUT2D eigenvalue weighted by atomic mass is 9.99. The van der Waals surface area contributed by atoms with E-state index >= 15 is 0 Å². The van der Waals surface area contributed by atoms with Crippen LogP contribution in [-0.4, -0.2) is 35.1 Å². The highest BCUT2D eigenvalue weighted by Crippen LogP contribution is 2.26. The molecule has 2 rings (SSSR count). The highest BCUT2D eigenvalue weighted by Gasteiger charge is 2.35. The van der Waals surface area contributed by atoms with E-state index in [0.29, 0.717) is 24.5 Å². The molecule has 1 aliphatic heterocycles. The highest BCUT2D eigenvalue weighted by molar-refractivity contribution is 5.92. The Kier molecular flexibility index (Phi) is 3.18. The topological polar surface area (TPSA) is 96.5 Å². The van der Waals surface area contributed by atoms with Gasteiger partial charge < -0.3 is 15.7 Å². The fraction of sp³-hybridized carbons (Fsp3) is 0.417. The Bertz CT molecular complexity index is 472. The number of aliphatic carboxylic acids is 1. The van der Waals surface area contributed by atoms with Crippen LogP contribution in [0, 0.1) is 11.8 Å². The van der Waals surface area contributed by atoms with Crippen molar-refractivity contribution in [2.45, 2.75) is 6.92 Å². The Labute approximate surface area is 104 Å². The van der Waals surface area contributed by atoms with Crippen LogP contribution in [0.4, 0.5) is 5.82 Å². The Morgan fingerprint density at radius 1 is 1.44 bits per heavy atom. The van der Waals surface area contributed by atoms with Gasteiger partial charge in [-0.15, -0.1) is 0 Å². The molecular weight excluding hydrogens is 234 g/mol. The number of rotatable bonds is 3. The molecule has 0 aromatic carbocycles. The molecule has 3 N–H and O–H groups in total. The first kappa shape index (κ1) is 12.3. The number of carbonyl (C=O) groups is 2. The summed E-state index contributed by atoms with van der Waals surface area (Å²) < 4.78 is 0. The first-order valence-corrected chi connectivity index (χ1v) is 5.72. The molecule has 0 aliphatic carbocycles. The first-order chi connectivity index (χ1) is 8.49. The number of amides is 1. The van der Waals surface area contributed by atoms with Crippen LogP contribution in [0.25, 0.3) is 0 Å². The number of primary amides is 1. The summed E-state index contributed by atoms with van der Waals surface area (Å²) in [6, 6.07) is 3.29. The van der Waals surface area contributed by atoms with Crippen LogP contribution in [-0.2, 0) is 4.79 Å². The van der Waals surface area contributed by atoms with Gasteiger partial charge in [0, 0.05) is 19.3 Å². The molecule has 1 amide bonds. The lowest BCUT2D eigenvalue weighted by molar-refractivity contribution is -0.142. The van der Waals surface area contributed by atoms with Gasteiger partial charge in [-0.3, -0.25) is 9.59 Å². The van der Waals surface area contributed by atoms with Gasteiger partial charge in [-0.2, -0.15) is 0 Å². The third kappa shape index (κ3) is 2.27. The van der Waals surface area contributed by atoms with Crippen LogP contribution in [0.5, 0.6) is 0 Å². The predicted octanol–water partition coefficient (Wildman–Crippen LogP) is 0.337. The summed E-state index contributed by atoms with van der Waals surface area (Å²) in [4.78, 5) is 28.0. The molecular formula is C12H15N3O3. The normalized spacial score (nSPS) is 23.1. The molecule has 0 saturated carbocycles. The van der Waals surface area contributed by atoms with Gasteiger partial charge in [-0.1, -0.05) is 6.92 Å². The van der Waals surface area contributed by atoms with Gasteiger partial charge in [-0.25, -0.2) is 4.98 Å². The Morgan fingerprint density at radius 2 is 2.17 bits per heavy atom. The first-order valence-electron chi connectivity index (χ1n) is 5.72. The molecule has 0 bridgehead atoms. The van der Waals surface area contributed by atoms with Crippen molar-refractivity contribution < 1.29 is 14.7 Å². The van der Waals surface area contributed by atoms with Gasteiger partial charge in [0.25, 0.3) is 0 Å². The van der Waals surface area contributed by atoms with E-state index in [1.54, 1.807) is 12.1 Å². The molecule has 1 aromatic heterocycles. The van der Waals surface area contributed by atoms with Crippen molar-refractivity contribution in [1.82, 2.24) is 4.98 Å². The van der Waals surface area contributed by atoms with E-state index in [4.69, 9.17) is 10.8 Å². The molecule has 1 aromatic rings. The lowest BCUT2D eigenvalue weighted by Gasteiger charge is -2.16. The molecule has 96 valence electrons. The minimum Gasteiger partial charge on any atom is -0.481 e. The maximum atomic E-state index is 11.0. The summed E-state index contributed by atoms with van der Waals surface area (Å²) in [6.45, 7) is 3.01. The molecule has 18 heavy (non-hydrogen) atoms. The second-order valence-corrected chi connectivity index (χ2v) is 4.60. The molecule has 6 nitrogen and oxygen atoms in total. The molecule has 1 aliphatic rings. The average Bonchev–Trinajstić information content (AvgIpc) is 2.71. The number of nitrogens with zero attached hydrogens (tertiary/aromatic N) is 2. The third-order valence-corrected chi connectivity index (χ3v) is 3.29. The maximum Gasteiger partial charge on any atom is 0.308 e. The summed E-state index contributed by atoms with van der Waals surface area (Å²) >= 11 is 0.